The summed E-state index contributed by atoms with van der Waals surface area (Å²) in [6.45, 7) is 0. The van der Waals surface area contributed by atoms with Crippen LogP contribution >= 0.6 is 0 Å². The molecule has 5 heteroatoms. The number of benzene rings is 2. The summed E-state index contributed by atoms with van der Waals surface area (Å²) in [4.78, 5) is 4.09. The monoisotopic (exact) mass is 327 g/mol. The highest BCUT2D eigenvalue weighted by Crippen LogP contribution is 2.31. The zero-order valence-electron chi connectivity index (χ0n) is 12.4. The van der Waals surface area contributed by atoms with Crippen LogP contribution in [0.1, 0.15) is 0 Å². The fourth-order valence-electron chi connectivity index (χ4n) is 2.43. The van der Waals surface area contributed by atoms with Crippen LogP contribution in [0.5, 0.6) is 0 Å². The van der Waals surface area contributed by atoms with E-state index in [0.717, 1.165) is 23.1 Å². The lowest BCUT2D eigenvalue weighted by Crippen LogP contribution is -2.01. The van der Waals surface area contributed by atoms with Crippen molar-refractivity contribution in [3.63, 3.8) is 0 Å². The maximum Gasteiger partial charge on any atom is 0.178 e. The Labute approximate surface area is 134 Å². The maximum absolute atomic E-state index is 14.2. The third kappa shape index (κ3) is 3.14. The Balaban J connectivity index is 2.16. The van der Waals surface area contributed by atoms with Gasteiger partial charge < -0.3 is 0 Å². The second kappa shape index (κ2) is 5.93. The quantitative estimate of drug-likeness (QED) is 0.731. The van der Waals surface area contributed by atoms with Crippen LogP contribution in [0.25, 0.3) is 22.4 Å². The molecule has 0 atom stereocenters. The van der Waals surface area contributed by atoms with Gasteiger partial charge in [-0.15, -0.1) is 0 Å². The molecule has 1 aromatic heterocycles. The highest BCUT2D eigenvalue weighted by Gasteiger charge is 2.16. The summed E-state index contributed by atoms with van der Waals surface area (Å²) >= 11 is 0. The molecule has 0 unspecified atom stereocenters. The fraction of sp³-hybridized carbons (Fsp3) is 0.0556. The zero-order valence-corrected chi connectivity index (χ0v) is 13.2. The van der Waals surface area contributed by atoms with Gasteiger partial charge in [-0.05, 0) is 23.8 Å². The molecular weight excluding hydrogens is 313 g/mol. The normalized spacial score (nSPS) is 11.4. The molecule has 0 N–H and O–H groups in total. The lowest BCUT2D eigenvalue weighted by atomic mass is 9.99. The minimum atomic E-state index is -3.59. The number of hydrogen-bond acceptors (Lipinski definition) is 3. The van der Waals surface area contributed by atoms with E-state index in [1.807, 2.05) is 36.4 Å². The summed E-state index contributed by atoms with van der Waals surface area (Å²) < 4.78 is 37.2. The van der Waals surface area contributed by atoms with Gasteiger partial charge in [-0.3, -0.25) is 4.98 Å². The summed E-state index contributed by atoms with van der Waals surface area (Å²) in [6.07, 6.45) is 2.66. The highest BCUT2D eigenvalue weighted by molar-refractivity contribution is 7.90. The standard InChI is InChI=1S/C18H14FNO2S/c1-23(21,22)17-10-9-14(12-16(17)19)15-8-5-11-20-18(15)13-6-3-2-4-7-13/h2-12H,1H3. The number of nitrogens with zero attached hydrogens (tertiary/aromatic N) is 1. The van der Waals surface area contributed by atoms with E-state index in [-0.39, 0.29) is 4.90 Å². The van der Waals surface area contributed by atoms with Gasteiger partial charge in [-0.2, -0.15) is 0 Å². The third-order valence-electron chi connectivity index (χ3n) is 3.50. The highest BCUT2D eigenvalue weighted by atomic mass is 32.2. The first-order chi connectivity index (χ1) is 11.0. The summed E-state index contributed by atoms with van der Waals surface area (Å²) in [7, 11) is -3.59. The van der Waals surface area contributed by atoms with Crippen LogP contribution in [0.3, 0.4) is 0 Å². The van der Waals surface area contributed by atoms with Crippen LogP contribution in [0.4, 0.5) is 4.39 Å². The van der Waals surface area contributed by atoms with Crippen molar-refractivity contribution >= 4 is 9.84 Å². The van der Waals surface area contributed by atoms with E-state index < -0.39 is 15.7 Å². The molecule has 0 aliphatic rings. The molecule has 3 nitrogen and oxygen atoms in total. The molecule has 0 aliphatic carbocycles. The third-order valence-corrected chi connectivity index (χ3v) is 4.63. The first-order valence-corrected chi connectivity index (χ1v) is 8.86. The molecule has 0 fully saturated rings. The molecule has 0 saturated heterocycles. The number of aromatic nitrogens is 1. The molecule has 2 aromatic carbocycles. The Morgan fingerprint density at radius 3 is 2.30 bits per heavy atom. The molecule has 0 radical (unpaired) electrons. The number of hydrogen-bond donors (Lipinski definition) is 0. The predicted octanol–water partition coefficient (Wildman–Crippen LogP) is 3.96. The molecule has 23 heavy (non-hydrogen) atoms. The molecule has 1 heterocycles. The van der Waals surface area contributed by atoms with E-state index in [1.54, 1.807) is 18.3 Å². The smallest absolute Gasteiger partial charge is 0.178 e. The van der Waals surface area contributed by atoms with Crippen molar-refractivity contribution in [3.8, 4) is 22.4 Å². The Hall–Kier alpha value is -2.53. The number of halogens is 1. The molecule has 3 aromatic rings. The molecule has 0 aliphatic heterocycles. The van der Waals surface area contributed by atoms with Crippen molar-refractivity contribution in [2.75, 3.05) is 6.26 Å². The summed E-state index contributed by atoms with van der Waals surface area (Å²) in [6, 6.07) is 17.3. The van der Waals surface area contributed by atoms with Crippen molar-refractivity contribution in [3.05, 3.63) is 72.7 Å². The van der Waals surface area contributed by atoms with E-state index in [0.29, 0.717) is 5.56 Å². The van der Waals surface area contributed by atoms with E-state index in [2.05, 4.69) is 4.98 Å². The van der Waals surface area contributed by atoms with Gasteiger partial charge in [0.1, 0.15) is 10.7 Å². The number of rotatable bonds is 3. The Morgan fingerprint density at radius 1 is 0.913 bits per heavy atom. The lowest BCUT2D eigenvalue weighted by Gasteiger charge is -2.10. The van der Waals surface area contributed by atoms with Crippen LogP contribution in [-0.2, 0) is 9.84 Å². The van der Waals surface area contributed by atoms with Crippen molar-refractivity contribution in [1.82, 2.24) is 4.98 Å². The molecule has 0 amide bonds. The fourth-order valence-corrected chi connectivity index (χ4v) is 3.16. The molecule has 0 spiro atoms. The SMILES string of the molecule is CS(=O)(=O)c1ccc(-c2cccnc2-c2ccccc2)cc1F. The summed E-state index contributed by atoms with van der Waals surface area (Å²) in [5.41, 5.74) is 2.97. The van der Waals surface area contributed by atoms with E-state index in [1.165, 1.54) is 12.1 Å². The second-order valence-corrected chi connectivity index (χ2v) is 7.17. The predicted molar refractivity (Wildman–Crippen MR) is 88.2 cm³/mol. The van der Waals surface area contributed by atoms with Gasteiger partial charge in [0.25, 0.3) is 0 Å². The Kier molecular flexibility index (Phi) is 3.96. The zero-order chi connectivity index (χ0) is 16.4. The topological polar surface area (TPSA) is 47.0 Å². The van der Waals surface area contributed by atoms with Gasteiger partial charge in [0.05, 0.1) is 5.69 Å². The van der Waals surface area contributed by atoms with Gasteiger partial charge >= 0.3 is 0 Å². The van der Waals surface area contributed by atoms with Crippen LogP contribution in [0.2, 0.25) is 0 Å². The maximum atomic E-state index is 14.2. The molecule has 0 bridgehead atoms. The minimum Gasteiger partial charge on any atom is -0.256 e. The van der Waals surface area contributed by atoms with Gasteiger partial charge in [0, 0.05) is 23.6 Å². The molecule has 3 rings (SSSR count). The average Bonchev–Trinajstić information content (AvgIpc) is 2.54. The van der Waals surface area contributed by atoms with Gasteiger partial charge in [0.2, 0.25) is 0 Å². The van der Waals surface area contributed by atoms with Gasteiger partial charge in [0.15, 0.2) is 9.84 Å². The van der Waals surface area contributed by atoms with Crippen LogP contribution < -0.4 is 0 Å². The lowest BCUT2D eigenvalue weighted by molar-refractivity contribution is 0.571. The van der Waals surface area contributed by atoms with Crippen LogP contribution in [0.15, 0.2) is 71.8 Å². The first kappa shape index (κ1) is 15.4. The largest absolute Gasteiger partial charge is 0.256 e. The second-order valence-electron chi connectivity index (χ2n) is 5.18. The average molecular weight is 327 g/mol. The first-order valence-electron chi connectivity index (χ1n) is 6.97. The molecule has 116 valence electrons. The van der Waals surface area contributed by atoms with Crippen molar-refractivity contribution < 1.29 is 12.8 Å². The van der Waals surface area contributed by atoms with Crippen molar-refractivity contribution in [1.29, 1.82) is 0 Å². The van der Waals surface area contributed by atoms with Crippen molar-refractivity contribution in [2.24, 2.45) is 0 Å². The Bertz CT molecular complexity index is 954. The van der Waals surface area contributed by atoms with E-state index in [4.69, 9.17) is 0 Å². The molecule has 0 saturated carbocycles. The van der Waals surface area contributed by atoms with E-state index >= 15 is 0 Å². The van der Waals surface area contributed by atoms with Gasteiger partial charge in [-0.1, -0.05) is 42.5 Å². The summed E-state index contributed by atoms with van der Waals surface area (Å²) in [5, 5.41) is 0. The van der Waals surface area contributed by atoms with E-state index in [9.17, 15) is 12.8 Å². The van der Waals surface area contributed by atoms with Gasteiger partial charge in [-0.25, -0.2) is 12.8 Å². The summed E-state index contributed by atoms with van der Waals surface area (Å²) in [5.74, 6) is -0.757. The van der Waals surface area contributed by atoms with Crippen LogP contribution in [-0.4, -0.2) is 19.7 Å². The van der Waals surface area contributed by atoms with Crippen molar-refractivity contribution in [2.45, 2.75) is 4.90 Å². The number of sulfone groups is 1. The Morgan fingerprint density at radius 2 is 1.65 bits per heavy atom. The van der Waals surface area contributed by atoms with Crippen LogP contribution in [0, 0.1) is 5.82 Å². The molecular formula is C18H14FNO2S. The number of pyridine rings is 1. The minimum absolute atomic E-state index is 0.300.